The zero-order valence-corrected chi connectivity index (χ0v) is 13.9. The van der Waals surface area contributed by atoms with Crippen LogP contribution in [0.2, 0.25) is 0 Å². The average Bonchev–Trinajstić information content (AvgIpc) is 3.03. The number of halogens is 3. The van der Waals surface area contributed by atoms with Crippen molar-refractivity contribution in [2.75, 3.05) is 20.1 Å². The maximum absolute atomic E-state index is 13.5. The van der Waals surface area contributed by atoms with Crippen LogP contribution in [-0.2, 0) is 13.2 Å². The van der Waals surface area contributed by atoms with Gasteiger partial charge >= 0.3 is 6.18 Å². The number of hydrogen-bond donors (Lipinski definition) is 0. The van der Waals surface area contributed by atoms with Gasteiger partial charge in [0.1, 0.15) is 11.3 Å². The lowest BCUT2D eigenvalue weighted by atomic mass is 9.94. The third kappa shape index (κ3) is 2.68. The van der Waals surface area contributed by atoms with E-state index in [2.05, 4.69) is 9.88 Å². The van der Waals surface area contributed by atoms with Crippen LogP contribution in [0.3, 0.4) is 0 Å². The fraction of sp³-hybridized carbons (Fsp3) is 0.444. The number of nitrogens with zero attached hydrogens (tertiary/aromatic N) is 3. The van der Waals surface area contributed by atoms with E-state index in [0.29, 0.717) is 5.76 Å². The van der Waals surface area contributed by atoms with Crippen LogP contribution in [0, 0.1) is 0 Å². The molecule has 0 radical (unpaired) electrons. The highest BCUT2D eigenvalue weighted by atomic mass is 19.4. The molecule has 0 bridgehead atoms. The number of benzene rings is 1. The summed E-state index contributed by atoms with van der Waals surface area (Å²) in [6.07, 6.45) is -3.48. The highest BCUT2D eigenvalue weighted by Crippen LogP contribution is 2.34. The summed E-state index contributed by atoms with van der Waals surface area (Å²) in [6, 6.07) is 3.82. The second-order valence-electron chi connectivity index (χ2n) is 6.67. The molecule has 1 aromatic carbocycles. The number of aromatic nitrogens is 2. The van der Waals surface area contributed by atoms with Gasteiger partial charge in [-0.1, -0.05) is 0 Å². The summed E-state index contributed by atoms with van der Waals surface area (Å²) in [6.45, 7) is -1.48. The molecule has 8 heteroatoms. The largest absolute Gasteiger partial charge is 0.458 e. The van der Waals surface area contributed by atoms with Crippen LogP contribution in [0.15, 0.2) is 27.4 Å². The van der Waals surface area contributed by atoms with E-state index in [1.54, 1.807) is 0 Å². The Labute approximate surface area is 151 Å². The van der Waals surface area contributed by atoms with E-state index < -0.39 is 19.0 Å². The predicted molar refractivity (Wildman–Crippen MR) is 91.2 cm³/mol. The monoisotopic (exact) mass is 368 g/mol. The first kappa shape index (κ1) is 13.8. The maximum atomic E-state index is 13.5. The molecule has 0 atom stereocenters. The number of likely N-dealkylation sites (tertiary alicyclic amines) is 1. The van der Waals surface area contributed by atoms with Crippen LogP contribution in [0.5, 0.6) is 0 Å². The van der Waals surface area contributed by atoms with Gasteiger partial charge in [0.05, 0.1) is 10.9 Å². The van der Waals surface area contributed by atoms with Crippen LogP contribution in [-0.4, -0.2) is 34.6 Å². The lowest BCUT2D eigenvalue weighted by Crippen LogP contribution is -2.29. The molecule has 0 spiro atoms. The van der Waals surface area contributed by atoms with Gasteiger partial charge in [-0.15, -0.1) is 0 Å². The van der Waals surface area contributed by atoms with Crippen molar-refractivity contribution in [3.05, 3.63) is 40.0 Å². The zero-order chi connectivity index (χ0) is 21.1. The molecule has 1 aliphatic heterocycles. The second-order valence-corrected chi connectivity index (χ2v) is 6.67. The van der Waals surface area contributed by atoms with Crippen LogP contribution in [0.4, 0.5) is 13.2 Å². The third-order valence-corrected chi connectivity index (χ3v) is 4.91. The summed E-state index contributed by atoms with van der Waals surface area (Å²) in [5.41, 5.74) is -1.04. The van der Waals surface area contributed by atoms with E-state index in [4.69, 9.17) is 8.53 Å². The van der Waals surface area contributed by atoms with Crippen molar-refractivity contribution in [3.63, 3.8) is 0 Å². The highest BCUT2D eigenvalue weighted by Gasteiger charge is 2.37. The molecule has 26 heavy (non-hydrogen) atoms. The number of imidazole rings is 1. The van der Waals surface area contributed by atoms with E-state index >= 15 is 0 Å². The van der Waals surface area contributed by atoms with Gasteiger partial charge in [-0.3, -0.25) is 4.79 Å². The summed E-state index contributed by atoms with van der Waals surface area (Å²) in [7, 11) is 1.98. The topological polar surface area (TPSA) is 51.3 Å². The van der Waals surface area contributed by atoms with Gasteiger partial charge in [-0.05, 0) is 45.1 Å². The standard InChI is InChI=1S/C18H18F3N3O2/c1-23-7-5-10(6-8-23)14-9-13(25)11-3-4-12-15(16(11)26-14)22-17(24(12)2)18(19,20)21/h3-4,9-10H,5-8H2,1-2H3/i2D3. The molecule has 4 rings (SSSR count). The Bertz CT molecular complexity index is 1140. The molecule has 138 valence electrons. The van der Waals surface area contributed by atoms with E-state index in [0.717, 1.165) is 25.9 Å². The van der Waals surface area contributed by atoms with Crippen molar-refractivity contribution in [1.82, 2.24) is 14.5 Å². The SMILES string of the molecule is [2H]C([2H])([2H])n1c(C(F)(F)F)nc2c3oc(C4CCN(C)CC4)cc(=O)c3ccc21. The van der Waals surface area contributed by atoms with Crippen LogP contribution >= 0.6 is 0 Å². The number of fused-ring (bicyclic) bond motifs is 3. The molecule has 0 aliphatic carbocycles. The minimum Gasteiger partial charge on any atom is -0.458 e. The summed E-state index contributed by atoms with van der Waals surface area (Å²) in [5, 5.41) is 0.0677. The molecule has 0 saturated carbocycles. The van der Waals surface area contributed by atoms with Crippen molar-refractivity contribution in [3.8, 4) is 0 Å². The van der Waals surface area contributed by atoms with Gasteiger partial charge in [0.2, 0.25) is 5.82 Å². The first-order valence-corrected chi connectivity index (χ1v) is 8.22. The number of piperidine rings is 1. The van der Waals surface area contributed by atoms with Crippen molar-refractivity contribution in [1.29, 1.82) is 0 Å². The molecule has 2 aromatic heterocycles. The minimum absolute atomic E-state index is 0.0367. The summed E-state index contributed by atoms with van der Waals surface area (Å²) in [5.74, 6) is -1.20. The number of alkyl halides is 3. The number of hydrogen-bond acceptors (Lipinski definition) is 4. The summed E-state index contributed by atoms with van der Waals surface area (Å²) in [4.78, 5) is 18.3. The van der Waals surface area contributed by atoms with Crippen molar-refractivity contribution in [2.45, 2.75) is 24.9 Å². The Balaban J connectivity index is 1.99. The van der Waals surface area contributed by atoms with Crippen LogP contribution in [0.1, 0.15) is 34.5 Å². The van der Waals surface area contributed by atoms with Gasteiger partial charge in [0.15, 0.2) is 11.0 Å². The fourth-order valence-electron chi connectivity index (χ4n) is 3.46. The van der Waals surface area contributed by atoms with Crippen molar-refractivity contribution in [2.24, 2.45) is 6.98 Å². The Morgan fingerprint density at radius 3 is 2.69 bits per heavy atom. The van der Waals surface area contributed by atoms with Gasteiger partial charge in [0, 0.05) is 23.1 Å². The first-order valence-electron chi connectivity index (χ1n) is 9.72. The third-order valence-electron chi connectivity index (χ3n) is 4.91. The molecule has 3 aromatic rings. The molecular formula is C18H18F3N3O2. The van der Waals surface area contributed by atoms with Crippen LogP contribution in [0.25, 0.3) is 22.0 Å². The number of rotatable bonds is 1. The van der Waals surface area contributed by atoms with Gasteiger partial charge in [-0.25, -0.2) is 4.98 Å². The van der Waals surface area contributed by atoms with Crippen molar-refractivity contribution >= 4 is 22.0 Å². The highest BCUT2D eigenvalue weighted by molar-refractivity contribution is 6.00. The molecule has 1 fully saturated rings. The molecule has 5 nitrogen and oxygen atoms in total. The Kier molecular flexibility index (Phi) is 3.10. The first-order chi connectivity index (χ1) is 13.5. The molecule has 3 heterocycles. The molecular weight excluding hydrogens is 347 g/mol. The smallest absolute Gasteiger partial charge is 0.449 e. The van der Waals surface area contributed by atoms with E-state index in [1.807, 2.05) is 7.05 Å². The summed E-state index contributed by atoms with van der Waals surface area (Å²) >= 11 is 0. The number of aryl methyl sites for hydroxylation is 1. The molecule has 0 unspecified atom stereocenters. The predicted octanol–water partition coefficient (Wildman–Crippen LogP) is 3.51. The molecule has 1 aliphatic rings. The Hall–Kier alpha value is -2.35. The molecule has 0 N–H and O–H groups in total. The van der Waals surface area contributed by atoms with Crippen molar-refractivity contribution < 1.29 is 21.7 Å². The summed E-state index contributed by atoms with van der Waals surface area (Å²) < 4.78 is 69.0. The Morgan fingerprint density at radius 2 is 2.04 bits per heavy atom. The van der Waals surface area contributed by atoms with Gasteiger partial charge in [-0.2, -0.15) is 13.2 Å². The van der Waals surface area contributed by atoms with Gasteiger partial charge in [0.25, 0.3) is 0 Å². The van der Waals surface area contributed by atoms with E-state index in [-0.39, 0.29) is 37.9 Å². The lowest BCUT2D eigenvalue weighted by molar-refractivity contribution is -0.146. The Morgan fingerprint density at radius 1 is 1.31 bits per heavy atom. The molecule has 1 saturated heterocycles. The lowest BCUT2D eigenvalue weighted by Gasteiger charge is -2.28. The van der Waals surface area contributed by atoms with E-state index in [9.17, 15) is 18.0 Å². The normalized spacial score (nSPS) is 19.6. The maximum Gasteiger partial charge on any atom is 0.449 e. The fourth-order valence-corrected chi connectivity index (χ4v) is 3.46. The minimum atomic E-state index is -4.98. The zero-order valence-electron chi connectivity index (χ0n) is 16.9. The quantitative estimate of drug-likeness (QED) is 0.660. The van der Waals surface area contributed by atoms with E-state index in [1.165, 1.54) is 18.2 Å². The average molecular weight is 368 g/mol. The van der Waals surface area contributed by atoms with Crippen LogP contribution < -0.4 is 5.43 Å². The molecule has 0 amide bonds. The second kappa shape index (κ2) is 5.84. The van der Waals surface area contributed by atoms with Gasteiger partial charge < -0.3 is 13.9 Å².